The third-order valence-corrected chi connectivity index (χ3v) is 3.97. The Morgan fingerprint density at radius 3 is 1.74 bits per heavy atom. The summed E-state index contributed by atoms with van der Waals surface area (Å²) in [4.78, 5) is 21.8. The van der Waals surface area contributed by atoms with E-state index in [9.17, 15) is 14.4 Å². The van der Waals surface area contributed by atoms with Crippen LogP contribution in [0.4, 0.5) is 0 Å². The number of phosphoric acid groups is 1. The zero-order chi connectivity index (χ0) is 20.0. The van der Waals surface area contributed by atoms with E-state index in [1.807, 2.05) is 0 Å². The Hall–Kier alpha value is -2.67. The summed E-state index contributed by atoms with van der Waals surface area (Å²) < 4.78 is 36.2. The first-order valence-corrected chi connectivity index (χ1v) is 9.15. The van der Waals surface area contributed by atoms with Gasteiger partial charge in [-0.1, -0.05) is 18.2 Å². The highest BCUT2D eigenvalue weighted by Crippen LogP contribution is 2.39. The molecule has 0 aliphatic heterocycles. The molecule has 146 valence electrons. The Morgan fingerprint density at radius 2 is 1.26 bits per heavy atom. The van der Waals surface area contributed by atoms with Gasteiger partial charge in [0.1, 0.15) is 7.82 Å². The molecule has 0 unspecified atom stereocenters. The maximum Gasteiger partial charge on any atom is 0.203 e. The van der Waals surface area contributed by atoms with Gasteiger partial charge in [0.15, 0.2) is 23.0 Å². The van der Waals surface area contributed by atoms with Gasteiger partial charge in [-0.2, -0.15) is 0 Å². The third-order valence-electron chi connectivity index (χ3n) is 3.55. The molecular weight excluding hydrogens is 375 g/mol. The van der Waals surface area contributed by atoms with Crippen molar-refractivity contribution in [3.63, 3.8) is 0 Å². The van der Waals surface area contributed by atoms with E-state index in [-0.39, 0.29) is 11.5 Å². The van der Waals surface area contributed by atoms with Crippen LogP contribution >= 0.6 is 7.82 Å². The van der Waals surface area contributed by atoms with Gasteiger partial charge in [-0.25, -0.2) is 0 Å². The van der Waals surface area contributed by atoms with Gasteiger partial charge in [0, 0.05) is 0 Å². The van der Waals surface area contributed by atoms with Crippen LogP contribution in [0.5, 0.6) is 28.7 Å². The van der Waals surface area contributed by atoms with E-state index in [1.54, 1.807) is 30.4 Å². The van der Waals surface area contributed by atoms with Crippen molar-refractivity contribution in [1.82, 2.24) is 0 Å². The number of phosphoric ester groups is 1. The van der Waals surface area contributed by atoms with Crippen LogP contribution in [0, 0.1) is 0 Å². The highest BCUT2D eigenvalue weighted by atomic mass is 31.2. The summed E-state index contributed by atoms with van der Waals surface area (Å²) in [6.45, 7) is 0. The zero-order valence-electron chi connectivity index (χ0n) is 15.3. The van der Waals surface area contributed by atoms with Crippen LogP contribution in [-0.4, -0.2) is 28.4 Å². The van der Waals surface area contributed by atoms with E-state index in [2.05, 4.69) is 4.52 Å². The normalized spacial score (nSPS) is 11.3. The first-order valence-electron chi connectivity index (χ1n) is 7.69. The molecule has 0 bridgehead atoms. The molecule has 0 heterocycles. The first kappa shape index (κ1) is 20.6. The van der Waals surface area contributed by atoms with Crippen molar-refractivity contribution in [2.45, 2.75) is 0 Å². The minimum Gasteiger partial charge on any atom is -0.780 e. The van der Waals surface area contributed by atoms with Gasteiger partial charge in [0.05, 0.1) is 28.4 Å². The molecule has 2 rings (SSSR count). The second kappa shape index (κ2) is 8.81. The molecule has 0 saturated carbocycles. The maximum absolute atomic E-state index is 10.9. The first-order chi connectivity index (χ1) is 12.8. The van der Waals surface area contributed by atoms with E-state index in [4.69, 9.17) is 18.9 Å². The molecule has 0 aromatic heterocycles. The van der Waals surface area contributed by atoms with Crippen molar-refractivity contribution in [3.8, 4) is 28.7 Å². The minimum atomic E-state index is -5.21. The van der Waals surface area contributed by atoms with Crippen LogP contribution in [-0.2, 0) is 4.57 Å². The Labute approximate surface area is 157 Å². The Kier molecular flexibility index (Phi) is 6.74. The number of rotatable bonds is 8. The highest BCUT2D eigenvalue weighted by Gasteiger charge is 2.12. The van der Waals surface area contributed by atoms with Crippen LogP contribution in [0.3, 0.4) is 0 Å². The molecule has 0 spiro atoms. The van der Waals surface area contributed by atoms with Crippen molar-refractivity contribution in [1.29, 1.82) is 0 Å². The van der Waals surface area contributed by atoms with Crippen LogP contribution < -0.4 is 33.3 Å². The third kappa shape index (κ3) is 5.40. The van der Waals surface area contributed by atoms with Crippen molar-refractivity contribution < 1.29 is 37.8 Å². The topological polar surface area (TPSA) is 109 Å². The van der Waals surface area contributed by atoms with Crippen molar-refractivity contribution in [3.05, 3.63) is 41.5 Å². The summed E-state index contributed by atoms with van der Waals surface area (Å²) in [6.07, 6.45) is 3.46. The summed E-state index contributed by atoms with van der Waals surface area (Å²) in [6, 6.07) is 8.07. The molecule has 0 radical (unpaired) electrons. The van der Waals surface area contributed by atoms with Crippen LogP contribution in [0.15, 0.2) is 30.3 Å². The molecule has 0 aliphatic rings. The summed E-state index contributed by atoms with van der Waals surface area (Å²) in [5.74, 6) is 1.41. The van der Waals surface area contributed by atoms with Gasteiger partial charge >= 0.3 is 0 Å². The molecule has 8 nitrogen and oxygen atoms in total. The van der Waals surface area contributed by atoms with Crippen LogP contribution in [0.2, 0.25) is 0 Å². The molecule has 27 heavy (non-hydrogen) atoms. The standard InChI is InChI=1S/C18H21O8P/c1-22-14-8-7-12(9-15(14)26-27(19,20)21)5-6-13-10-16(23-2)18(25-4)17(11-13)24-3/h5-11H,1-4H3,(H2,19,20,21)/p-2/b6-5+. The minimum absolute atomic E-state index is 0.131. The highest BCUT2D eigenvalue weighted by molar-refractivity contribution is 7.43. The second-order valence-electron chi connectivity index (χ2n) is 5.24. The Balaban J connectivity index is 2.37. The summed E-state index contributed by atoms with van der Waals surface area (Å²) >= 11 is 0. The largest absolute Gasteiger partial charge is 0.780 e. The number of hydrogen-bond acceptors (Lipinski definition) is 8. The molecular formula is C18H19O8P-2. The second-order valence-corrected chi connectivity index (χ2v) is 6.32. The molecule has 2 aromatic carbocycles. The predicted molar refractivity (Wildman–Crippen MR) is 96.3 cm³/mol. The molecule has 9 heteroatoms. The van der Waals surface area contributed by atoms with Gasteiger partial charge < -0.3 is 37.8 Å². The van der Waals surface area contributed by atoms with Crippen molar-refractivity contribution >= 4 is 20.0 Å². The van der Waals surface area contributed by atoms with Crippen LogP contribution in [0.1, 0.15) is 11.1 Å². The number of benzene rings is 2. The van der Waals surface area contributed by atoms with Gasteiger partial charge in [-0.3, -0.25) is 0 Å². The fourth-order valence-corrected chi connectivity index (χ4v) is 2.76. The molecule has 0 atom stereocenters. The lowest BCUT2D eigenvalue weighted by Gasteiger charge is -2.29. The maximum atomic E-state index is 10.9. The fraction of sp³-hybridized carbons (Fsp3) is 0.222. The van der Waals surface area contributed by atoms with E-state index in [1.165, 1.54) is 40.6 Å². The number of methoxy groups -OCH3 is 4. The SMILES string of the molecule is COc1ccc(/C=C/c2cc(OC)c(OC)c(OC)c2)cc1OP(=O)([O-])[O-]. The smallest absolute Gasteiger partial charge is 0.203 e. The average molecular weight is 394 g/mol. The van der Waals surface area contributed by atoms with Crippen LogP contribution in [0.25, 0.3) is 12.2 Å². The Bertz CT molecular complexity index is 847. The van der Waals surface area contributed by atoms with Crippen molar-refractivity contribution in [2.24, 2.45) is 0 Å². The van der Waals surface area contributed by atoms with E-state index in [0.717, 1.165) is 5.56 Å². The molecule has 0 aliphatic carbocycles. The quantitative estimate of drug-likeness (QED) is 0.495. The Morgan fingerprint density at radius 1 is 0.741 bits per heavy atom. The summed E-state index contributed by atoms with van der Waals surface area (Å²) in [7, 11) is 0.680. The monoisotopic (exact) mass is 394 g/mol. The van der Waals surface area contributed by atoms with E-state index >= 15 is 0 Å². The van der Waals surface area contributed by atoms with Gasteiger partial charge in [0.25, 0.3) is 0 Å². The van der Waals surface area contributed by atoms with E-state index in [0.29, 0.717) is 22.8 Å². The van der Waals surface area contributed by atoms with Gasteiger partial charge in [-0.15, -0.1) is 0 Å². The molecule has 2 aromatic rings. The van der Waals surface area contributed by atoms with Gasteiger partial charge in [0.2, 0.25) is 5.75 Å². The number of hydrogen-bond donors (Lipinski definition) is 0. The average Bonchev–Trinajstić information content (AvgIpc) is 2.64. The molecule has 0 N–H and O–H groups in total. The molecule has 0 fully saturated rings. The molecule has 0 saturated heterocycles. The summed E-state index contributed by atoms with van der Waals surface area (Å²) in [5.41, 5.74) is 1.34. The summed E-state index contributed by atoms with van der Waals surface area (Å²) in [5, 5.41) is 0. The van der Waals surface area contributed by atoms with Gasteiger partial charge in [-0.05, 0) is 35.4 Å². The lowest BCUT2D eigenvalue weighted by atomic mass is 10.1. The zero-order valence-corrected chi connectivity index (χ0v) is 16.1. The molecule has 0 amide bonds. The fourth-order valence-electron chi connectivity index (χ4n) is 2.38. The predicted octanol–water partition coefficient (Wildman–Crippen LogP) is 2.10. The van der Waals surface area contributed by atoms with Crippen molar-refractivity contribution in [2.75, 3.05) is 28.4 Å². The number of ether oxygens (including phenoxy) is 4. The van der Waals surface area contributed by atoms with E-state index < -0.39 is 7.82 Å². The lowest BCUT2D eigenvalue weighted by Crippen LogP contribution is -2.18. The lowest BCUT2D eigenvalue weighted by molar-refractivity contribution is -0.333.